The number of rotatable bonds is 1. The number of amides is 1. The largest absolute Gasteiger partial charge is 0.366 e. The maximum absolute atomic E-state index is 11.0. The van der Waals surface area contributed by atoms with Crippen molar-refractivity contribution in [3.05, 3.63) is 35.4 Å². The van der Waals surface area contributed by atoms with Gasteiger partial charge in [-0.3, -0.25) is 4.79 Å². The summed E-state index contributed by atoms with van der Waals surface area (Å²) in [5, 5.41) is 3.31. The van der Waals surface area contributed by atoms with Gasteiger partial charge in [-0.05, 0) is 44.1 Å². The van der Waals surface area contributed by atoms with Crippen LogP contribution in [0.3, 0.4) is 0 Å². The standard InChI is InChI=1S/C14H16N2O/c15-14(17)13-3-1-2-12(10-13)5-4-11-6-8-16-9-7-11/h1-3,10-11,16H,6-9H2,(H2,15,17). The molecule has 2 rings (SSSR count). The van der Waals surface area contributed by atoms with Crippen molar-refractivity contribution >= 4 is 5.91 Å². The molecule has 0 spiro atoms. The van der Waals surface area contributed by atoms with Gasteiger partial charge >= 0.3 is 0 Å². The van der Waals surface area contributed by atoms with E-state index >= 15 is 0 Å². The van der Waals surface area contributed by atoms with Crippen molar-refractivity contribution < 1.29 is 4.79 Å². The van der Waals surface area contributed by atoms with E-state index in [1.54, 1.807) is 12.1 Å². The lowest BCUT2D eigenvalue weighted by molar-refractivity contribution is 0.100. The van der Waals surface area contributed by atoms with Crippen LogP contribution in [0.1, 0.15) is 28.8 Å². The van der Waals surface area contributed by atoms with E-state index < -0.39 is 5.91 Å². The molecule has 3 heteroatoms. The van der Waals surface area contributed by atoms with Crippen LogP contribution < -0.4 is 11.1 Å². The summed E-state index contributed by atoms with van der Waals surface area (Å²) in [4.78, 5) is 11.0. The van der Waals surface area contributed by atoms with Crippen LogP contribution in [0.4, 0.5) is 0 Å². The van der Waals surface area contributed by atoms with Gasteiger partial charge in [0.05, 0.1) is 0 Å². The first-order valence-corrected chi connectivity index (χ1v) is 5.88. The van der Waals surface area contributed by atoms with Crippen LogP contribution in [-0.4, -0.2) is 19.0 Å². The molecule has 1 aromatic rings. The maximum atomic E-state index is 11.0. The minimum absolute atomic E-state index is 0.407. The van der Waals surface area contributed by atoms with E-state index in [4.69, 9.17) is 5.73 Å². The van der Waals surface area contributed by atoms with Gasteiger partial charge in [0.1, 0.15) is 0 Å². The number of carbonyl (C=O) groups excluding carboxylic acids is 1. The van der Waals surface area contributed by atoms with Crippen molar-refractivity contribution in [1.82, 2.24) is 5.32 Å². The Kier molecular flexibility index (Phi) is 3.79. The summed E-state index contributed by atoms with van der Waals surface area (Å²) < 4.78 is 0. The van der Waals surface area contributed by atoms with Crippen LogP contribution >= 0.6 is 0 Å². The van der Waals surface area contributed by atoms with Crippen molar-refractivity contribution in [3.8, 4) is 11.8 Å². The molecule has 0 unspecified atom stereocenters. The Morgan fingerprint density at radius 2 is 2.12 bits per heavy atom. The smallest absolute Gasteiger partial charge is 0.248 e. The molecule has 1 amide bonds. The third kappa shape index (κ3) is 3.33. The highest BCUT2D eigenvalue weighted by atomic mass is 16.1. The molecule has 88 valence electrons. The number of hydrogen-bond donors (Lipinski definition) is 2. The number of benzene rings is 1. The zero-order chi connectivity index (χ0) is 12.1. The number of hydrogen-bond acceptors (Lipinski definition) is 2. The van der Waals surface area contributed by atoms with Gasteiger partial charge in [0.15, 0.2) is 0 Å². The van der Waals surface area contributed by atoms with Crippen molar-refractivity contribution in [3.63, 3.8) is 0 Å². The summed E-state index contributed by atoms with van der Waals surface area (Å²) >= 11 is 0. The van der Waals surface area contributed by atoms with E-state index in [1.807, 2.05) is 12.1 Å². The predicted octanol–water partition coefficient (Wildman–Crippen LogP) is 1.14. The van der Waals surface area contributed by atoms with Gasteiger partial charge in [0, 0.05) is 17.0 Å². The third-order valence-electron chi connectivity index (χ3n) is 2.91. The van der Waals surface area contributed by atoms with Gasteiger partial charge in [0.25, 0.3) is 0 Å². The third-order valence-corrected chi connectivity index (χ3v) is 2.91. The van der Waals surface area contributed by atoms with Crippen molar-refractivity contribution in [2.75, 3.05) is 13.1 Å². The van der Waals surface area contributed by atoms with Gasteiger partial charge in [0.2, 0.25) is 5.91 Å². The van der Waals surface area contributed by atoms with Crippen LogP contribution in [0.15, 0.2) is 24.3 Å². The zero-order valence-electron chi connectivity index (χ0n) is 9.70. The molecule has 1 aliphatic heterocycles. The molecule has 1 heterocycles. The van der Waals surface area contributed by atoms with E-state index in [9.17, 15) is 4.79 Å². The first kappa shape index (κ1) is 11.7. The van der Waals surface area contributed by atoms with Gasteiger partial charge in [-0.15, -0.1) is 0 Å². The summed E-state index contributed by atoms with van der Waals surface area (Å²) in [5.74, 6) is 6.45. The molecule has 0 atom stereocenters. The van der Waals surface area contributed by atoms with Crippen molar-refractivity contribution in [2.24, 2.45) is 11.7 Å². The summed E-state index contributed by atoms with van der Waals surface area (Å²) in [6.45, 7) is 2.08. The van der Waals surface area contributed by atoms with Crippen molar-refractivity contribution in [1.29, 1.82) is 0 Å². The first-order valence-electron chi connectivity index (χ1n) is 5.88. The van der Waals surface area contributed by atoms with Crippen LogP contribution in [0.2, 0.25) is 0 Å². The normalized spacial score (nSPS) is 16.0. The molecule has 3 N–H and O–H groups in total. The molecule has 1 fully saturated rings. The highest BCUT2D eigenvalue weighted by molar-refractivity contribution is 5.93. The number of nitrogens with one attached hydrogen (secondary N) is 1. The van der Waals surface area contributed by atoms with E-state index in [2.05, 4.69) is 17.2 Å². The van der Waals surface area contributed by atoms with E-state index in [0.29, 0.717) is 11.5 Å². The summed E-state index contributed by atoms with van der Waals surface area (Å²) in [6, 6.07) is 7.17. The lowest BCUT2D eigenvalue weighted by Crippen LogP contribution is -2.26. The fourth-order valence-corrected chi connectivity index (χ4v) is 1.90. The monoisotopic (exact) mass is 228 g/mol. The fourth-order valence-electron chi connectivity index (χ4n) is 1.90. The van der Waals surface area contributed by atoms with Crippen molar-refractivity contribution in [2.45, 2.75) is 12.8 Å². The minimum Gasteiger partial charge on any atom is -0.366 e. The molecular weight excluding hydrogens is 212 g/mol. The summed E-state index contributed by atoms with van der Waals surface area (Å²) in [6.07, 6.45) is 2.20. The van der Waals surface area contributed by atoms with E-state index in [1.165, 1.54) is 0 Å². The molecule has 0 saturated carbocycles. The predicted molar refractivity (Wildman–Crippen MR) is 67.4 cm³/mol. The summed E-state index contributed by atoms with van der Waals surface area (Å²) in [5.41, 5.74) is 6.60. The average Bonchev–Trinajstić information content (AvgIpc) is 2.38. The second-order valence-corrected chi connectivity index (χ2v) is 4.24. The minimum atomic E-state index is -0.407. The number of carbonyl (C=O) groups is 1. The van der Waals surface area contributed by atoms with Crippen LogP contribution in [0, 0.1) is 17.8 Å². The Balaban J connectivity index is 2.09. The van der Waals surface area contributed by atoms with Gasteiger partial charge < -0.3 is 11.1 Å². The Hall–Kier alpha value is -1.79. The lowest BCUT2D eigenvalue weighted by atomic mass is 9.98. The maximum Gasteiger partial charge on any atom is 0.248 e. The molecule has 1 saturated heterocycles. The Morgan fingerprint density at radius 1 is 1.35 bits per heavy atom. The number of nitrogens with two attached hydrogens (primary N) is 1. The molecule has 0 aliphatic carbocycles. The molecule has 3 nitrogen and oxygen atoms in total. The van der Waals surface area contributed by atoms with Crippen LogP contribution in [0.25, 0.3) is 0 Å². The zero-order valence-corrected chi connectivity index (χ0v) is 9.70. The van der Waals surface area contributed by atoms with E-state index in [-0.39, 0.29) is 0 Å². The van der Waals surface area contributed by atoms with Crippen LogP contribution in [0.5, 0.6) is 0 Å². The Morgan fingerprint density at radius 3 is 2.82 bits per heavy atom. The first-order chi connectivity index (χ1) is 8.25. The molecule has 1 aliphatic rings. The molecule has 0 radical (unpaired) electrons. The van der Waals surface area contributed by atoms with Gasteiger partial charge in [-0.25, -0.2) is 0 Å². The summed E-state index contributed by atoms with van der Waals surface area (Å²) in [7, 11) is 0. The molecule has 1 aromatic carbocycles. The van der Waals surface area contributed by atoms with Gasteiger partial charge in [-0.2, -0.15) is 0 Å². The topological polar surface area (TPSA) is 55.1 Å². The van der Waals surface area contributed by atoms with E-state index in [0.717, 1.165) is 31.5 Å². The molecular formula is C14H16N2O. The Labute approximate surface area is 101 Å². The fraction of sp³-hybridized carbons (Fsp3) is 0.357. The number of piperidine rings is 1. The second kappa shape index (κ2) is 5.51. The number of primary amides is 1. The SMILES string of the molecule is NC(=O)c1cccc(C#CC2CCNCC2)c1. The molecule has 17 heavy (non-hydrogen) atoms. The van der Waals surface area contributed by atoms with Gasteiger partial charge in [-0.1, -0.05) is 17.9 Å². The lowest BCUT2D eigenvalue weighted by Gasteiger charge is -2.17. The molecule has 0 aromatic heterocycles. The van der Waals surface area contributed by atoms with Crippen LogP contribution in [-0.2, 0) is 0 Å². The average molecular weight is 228 g/mol. The quantitative estimate of drug-likeness (QED) is 0.708. The highest BCUT2D eigenvalue weighted by Gasteiger charge is 2.09. The highest BCUT2D eigenvalue weighted by Crippen LogP contribution is 2.10. The Bertz CT molecular complexity index is 465. The molecule has 0 bridgehead atoms. The second-order valence-electron chi connectivity index (χ2n) is 4.24.